The molecule has 9 heteroatoms. The van der Waals surface area contributed by atoms with E-state index in [2.05, 4.69) is 9.71 Å². The second kappa shape index (κ2) is 8.34. The van der Waals surface area contributed by atoms with Crippen LogP contribution in [0.2, 0.25) is 10.0 Å². The van der Waals surface area contributed by atoms with Gasteiger partial charge in [0.1, 0.15) is 17.3 Å². The molecule has 1 N–H and O–H groups in total. The summed E-state index contributed by atoms with van der Waals surface area (Å²) in [4.78, 5) is 4.32. The van der Waals surface area contributed by atoms with Crippen LogP contribution in [-0.4, -0.2) is 13.4 Å². The lowest BCUT2D eigenvalue weighted by Crippen LogP contribution is -2.12. The number of ether oxygens (including phenoxy) is 1. The number of rotatable bonds is 5. The van der Waals surface area contributed by atoms with E-state index >= 15 is 0 Å². The van der Waals surface area contributed by atoms with Crippen molar-refractivity contribution in [3.8, 4) is 11.5 Å². The molecular formula is C22H15Cl2FN2O3S. The van der Waals surface area contributed by atoms with Gasteiger partial charge in [-0.15, -0.1) is 0 Å². The van der Waals surface area contributed by atoms with Crippen LogP contribution in [-0.2, 0) is 10.0 Å². The normalized spacial score (nSPS) is 11.5. The fourth-order valence-electron chi connectivity index (χ4n) is 2.99. The number of anilines is 1. The zero-order chi connectivity index (χ0) is 22.2. The van der Waals surface area contributed by atoms with Crippen molar-refractivity contribution in [3.05, 3.63) is 88.3 Å². The minimum Gasteiger partial charge on any atom is -0.457 e. The monoisotopic (exact) mass is 476 g/mol. The van der Waals surface area contributed by atoms with Crippen LogP contribution in [0.4, 0.5) is 10.1 Å². The van der Waals surface area contributed by atoms with Crippen LogP contribution in [0.25, 0.3) is 10.9 Å². The van der Waals surface area contributed by atoms with E-state index in [1.165, 1.54) is 30.3 Å². The standard InChI is InChI=1S/C22H15Cl2FN2O3S/c1-13-8-22(20-12-16(25)2-7-21(20)26-13)30-18-5-3-17(4-6-18)27-31(28,29)19-10-14(23)9-15(24)11-19/h2-12,27H,1H3. The molecule has 0 aliphatic carbocycles. The third kappa shape index (κ3) is 4.90. The smallest absolute Gasteiger partial charge is 0.261 e. The van der Waals surface area contributed by atoms with Crippen molar-refractivity contribution in [2.45, 2.75) is 11.8 Å². The second-order valence-electron chi connectivity index (χ2n) is 6.76. The van der Waals surface area contributed by atoms with E-state index in [0.717, 1.165) is 5.69 Å². The molecule has 0 fully saturated rings. The van der Waals surface area contributed by atoms with Gasteiger partial charge in [0.05, 0.1) is 10.4 Å². The highest BCUT2D eigenvalue weighted by atomic mass is 35.5. The Morgan fingerprint density at radius 3 is 2.29 bits per heavy atom. The molecule has 0 aliphatic heterocycles. The van der Waals surface area contributed by atoms with Gasteiger partial charge in [0, 0.05) is 32.9 Å². The molecule has 0 unspecified atom stereocenters. The van der Waals surface area contributed by atoms with E-state index in [-0.39, 0.29) is 14.9 Å². The largest absolute Gasteiger partial charge is 0.457 e. The molecule has 1 aromatic heterocycles. The number of pyridine rings is 1. The number of hydrogen-bond acceptors (Lipinski definition) is 4. The Hall–Kier alpha value is -2.87. The third-order valence-electron chi connectivity index (χ3n) is 4.34. The lowest BCUT2D eigenvalue weighted by atomic mass is 10.2. The molecule has 31 heavy (non-hydrogen) atoms. The van der Waals surface area contributed by atoms with Crippen molar-refractivity contribution in [1.82, 2.24) is 4.98 Å². The van der Waals surface area contributed by atoms with E-state index in [4.69, 9.17) is 27.9 Å². The minimum atomic E-state index is -3.88. The molecular weight excluding hydrogens is 462 g/mol. The van der Waals surface area contributed by atoms with Crippen molar-refractivity contribution in [2.24, 2.45) is 0 Å². The Labute approximate surface area is 188 Å². The van der Waals surface area contributed by atoms with Crippen molar-refractivity contribution < 1.29 is 17.5 Å². The molecule has 5 nitrogen and oxygen atoms in total. The van der Waals surface area contributed by atoms with E-state index in [1.54, 1.807) is 36.4 Å². The number of nitrogens with one attached hydrogen (secondary N) is 1. The Balaban J connectivity index is 1.58. The highest BCUT2D eigenvalue weighted by Gasteiger charge is 2.16. The number of aryl methyl sites for hydroxylation is 1. The molecule has 0 spiro atoms. The molecule has 3 aromatic carbocycles. The molecule has 0 saturated heterocycles. The van der Waals surface area contributed by atoms with Crippen LogP contribution in [0.1, 0.15) is 5.69 Å². The maximum Gasteiger partial charge on any atom is 0.261 e. The first-order valence-corrected chi connectivity index (χ1v) is 11.3. The van der Waals surface area contributed by atoms with Crippen LogP contribution in [0.3, 0.4) is 0 Å². The van der Waals surface area contributed by atoms with Gasteiger partial charge in [-0.1, -0.05) is 23.2 Å². The summed E-state index contributed by atoms with van der Waals surface area (Å²) in [5.41, 5.74) is 1.66. The summed E-state index contributed by atoms with van der Waals surface area (Å²) in [6.45, 7) is 1.82. The van der Waals surface area contributed by atoms with Crippen LogP contribution < -0.4 is 9.46 Å². The molecule has 0 radical (unpaired) electrons. The molecule has 1 heterocycles. The predicted molar refractivity (Wildman–Crippen MR) is 120 cm³/mol. The Kier molecular flexibility index (Phi) is 5.75. The topological polar surface area (TPSA) is 68.3 Å². The molecule has 0 atom stereocenters. The first-order valence-electron chi connectivity index (χ1n) is 9.03. The van der Waals surface area contributed by atoms with Crippen LogP contribution in [0.5, 0.6) is 11.5 Å². The highest BCUT2D eigenvalue weighted by molar-refractivity contribution is 7.92. The van der Waals surface area contributed by atoms with Gasteiger partial charge in [-0.25, -0.2) is 12.8 Å². The maximum absolute atomic E-state index is 13.7. The molecule has 0 saturated carbocycles. The lowest BCUT2D eigenvalue weighted by Gasteiger charge is -2.12. The van der Waals surface area contributed by atoms with E-state index in [9.17, 15) is 12.8 Å². The number of aromatic nitrogens is 1. The lowest BCUT2D eigenvalue weighted by molar-refractivity contribution is 0.487. The number of benzene rings is 3. The summed E-state index contributed by atoms with van der Waals surface area (Å²) in [7, 11) is -3.88. The van der Waals surface area contributed by atoms with Gasteiger partial charge in [0.2, 0.25) is 0 Å². The van der Waals surface area contributed by atoms with Gasteiger partial charge in [0.25, 0.3) is 10.0 Å². The Morgan fingerprint density at radius 2 is 1.61 bits per heavy atom. The number of hydrogen-bond donors (Lipinski definition) is 1. The van der Waals surface area contributed by atoms with E-state index in [0.29, 0.717) is 28.1 Å². The Morgan fingerprint density at radius 1 is 0.935 bits per heavy atom. The summed E-state index contributed by atoms with van der Waals surface area (Å²) >= 11 is 11.8. The Bertz CT molecular complexity index is 1370. The fourth-order valence-corrected chi connectivity index (χ4v) is 4.78. The zero-order valence-electron chi connectivity index (χ0n) is 16.1. The van der Waals surface area contributed by atoms with Crippen molar-refractivity contribution >= 4 is 49.8 Å². The summed E-state index contributed by atoms with van der Waals surface area (Å²) in [5, 5.41) is 0.967. The first kappa shape index (κ1) is 21.4. The summed E-state index contributed by atoms with van der Waals surface area (Å²) in [6.07, 6.45) is 0. The zero-order valence-corrected chi connectivity index (χ0v) is 18.4. The number of nitrogens with zero attached hydrogens (tertiary/aromatic N) is 1. The number of sulfonamides is 1. The predicted octanol–water partition coefficient (Wildman–Crippen LogP) is 6.58. The molecule has 158 valence electrons. The second-order valence-corrected chi connectivity index (χ2v) is 9.32. The van der Waals surface area contributed by atoms with Gasteiger partial charge < -0.3 is 4.74 Å². The van der Waals surface area contributed by atoms with Crippen LogP contribution in [0, 0.1) is 12.7 Å². The minimum absolute atomic E-state index is 0.0499. The molecule has 4 rings (SSSR count). The molecule has 0 bridgehead atoms. The van der Waals surface area contributed by atoms with Crippen molar-refractivity contribution in [3.63, 3.8) is 0 Å². The summed E-state index contributed by atoms with van der Waals surface area (Å²) in [5.74, 6) is 0.502. The van der Waals surface area contributed by atoms with Gasteiger partial charge in [0.15, 0.2) is 0 Å². The SMILES string of the molecule is Cc1cc(Oc2ccc(NS(=O)(=O)c3cc(Cl)cc(Cl)c3)cc2)c2cc(F)ccc2n1. The summed E-state index contributed by atoms with van der Waals surface area (Å²) < 4.78 is 47.3. The number of halogens is 3. The highest BCUT2D eigenvalue weighted by Crippen LogP contribution is 2.31. The molecule has 4 aromatic rings. The van der Waals surface area contributed by atoms with Crippen LogP contribution in [0.15, 0.2) is 71.6 Å². The van der Waals surface area contributed by atoms with Crippen molar-refractivity contribution in [2.75, 3.05) is 4.72 Å². The maximum atomic E-state index is 13.7. The average Bonchev–Trinajstić information content (AvgIpc) is 2.69. The summed E-state index contributed by atoms with van der Waals surface area (Å²) in [6, 6.07) is 16.4. The van der Waals surface area contributed by atoms with Gasteiger partial charge in [-0.2, -0.15) is 0 Å². The molecule has 0 amide bonds. The van der Waals surface area contributed by atoms with Gasteiger partial charge in [-0.05, 0) is 67.6 Å². The quantitative estimate of drug-likeness (QED) is 0.353. The number of fused-ring (bicyclic) bond motifs is 1. The van der Waals surface area contributed by atoms with Gasteiger partial charge >= 0.3 is 0 Å². The average molecular weight is 477 g/mol. The van der Waals surface area contributed by atoms with Crippen molar-refractivity contribution in [1.29, 1.82) is 0 Å². The third-order valence-corrected chi connectivity index (χ3v) is 6.14. The van der Waals surface area contributed by atoms with E-state index in [1.807, 2.05) is 6.92 Å². The fraction of sp³-hybridized carbons (Fsp3) is 0.0455. The first-order chi connectivity index (χ1) is 14.7. The van der Waals surface area contributed by atoms with Gasteiger partial charge in [-0.3, -0.25) is 9.71 Å². The van der Waals surface area contributed by atoms with Crippen LogP contribution >= 0.6 is 23.2 Å². The van der Waals surface area contributed by atoms with E-state index < -0.39 is 15.8 Å². The molecule has 0 aliphatic rings.